The normalized spacial score (nSPS) is 12.0. The largest absolute Gasteiger partial charge is 0.484 e. The van der Waals surface area contributed by atoms with Crippen LogP contribution >= 0.6 is 0 Å². The van der Waals surface area contributed by atoms with Gasteiger partial charge in [0.25, 0.3) is 5.91 Å². The second-order valence-electron chi connectivity index (χ2n) is 4.28. The van der Waals surface area contributed by atoms with Gasteiger partial charge >= 0.3 is 0 Å². The molecule has 2 N–H and O–H groups in total. The predicted octanol–water partition coefficient (Wildman–Crippen LogP) is 1.95. The molecule has 0 bridgehead atoms. The van der Waals surface area contributed by atoms with Crippen LogP contribution in [0.25, 0.3) is 0 Å². The van der Waals surface area contributed by atoms with Crippen LogP contribution in [0.2, 0.25) is 0 Å². The Morgan fingerprint density at radius 2 is 1.94 bits per heavy atom. The fraction of sp³-hybridized carbons (Fsp3) is 0.500. The van der Waals surface area contributed by atoms with Crippen molar-refractivity contribution in [2.45, 2.75) is 26.3 Å². The van der Waals surface area contributed by atoms with Gasteiger partial charge in [-0.05, 0) is 31.0 Å². The molecule has 0 spiro atoms. The van der Waals surface area contributed by atoms with Crippen LogP contribution in [0.3, 0.4) is 0 Å². The van der Waals surface area contributed by atoms with Crippen molar-refractivity contribution in [3.8, 4) is 5.75 Å². The first kappa shape index (κ1) is 14.5. The van der Waals surface area contributed by atoms with Crippen molar-refractivity contribution in [2.75, 3.05) is 20.2 Å². The summed E-state index contributed by atoms with van der Waals surface area (Å²) in [5.74, 6) is 0.673. The number of amides is 1. The second kappa shape index (κ2) is 7.01. The summed E-state index contributed by atoms with van der Waals surface area (Å²) in [4.78, 5) is 13.2. The highest BCUT2D eigenvalue weighted by Gasteiger charge is 2.08. The van der Waals surface area contributed by atoms with Gasteiger partial charge in [-0.25, -0.2) is 0 Å². The van der Waals surface area contributed by atoms with Gasteiger partial charge in [0.15, 0.2) is 6.61 Å². The number of ether oxygens (including phenoxy) is 1. The zero-order chi connectivity index (χ0) is 13.5. The molecular formula is C14H22N2O2. The first-order valence-electron chi connectivity index (χ1n) is 6.30. The Morgan fingerprint density at radius 1 is 1.33 bits per heavy atom. The Kier molecular flexibility index (Phi) is 5.65. The first-order valence-corrected chi connectivity index (χ1v) is 6.30. The topological polar surface area (TPSA) is 55.6 Å². The molecule has 1 rings (SSSR count). The predicted molar refractivity (Wildman–Crippen MR) is 72.5 cm³/mol. The zero-order valence-electron chi connectivity index (χ0n) is 11.3. The SMILES string of the molecule is CC[C@@H](N)c1ccc(OCC(=O)N(C)CC)cc1. The third kappa shape index (κ3) is 4.04. The maximum absolute atomic E-state index is 11.5. The lowest BCUT2D eigenvalue weighted by molar-refractivity contribution is -0.131. The third-order valence-corrected chi connectivity index (χ3v) is 3.01. The molecule has 0 aliphatic carbocycles. The molecule has 1 aromatic rings. The smallest absolute Gasteiger partial charge is 0.260 e. The summed E-state index contributed by atoms with van der Waals surface area (Å²) in [7, 11) is 1.76. The molecule has 1 atom stereocenters. The number of likely N-dealkylation sites (N-methyl/N-ethyl adjacent to an activating group) is 1. The van der Waals surface area contributed by atoms with Crippen molar-refractivity contribution in [2.24, 2.45) is 5.73 Å². The number of nitrogens with two attached hydrogens (primary N) is 1. The summed E-state index contributed by atoms with van der Waals surface area (Å²) in [5, 5.41) is 0. The van der Waals surface area contributed by atoms with E-state index in [9.17, 15) is 4.79 Å². The summed E-state index contributed by atoms with van der Waals surface area (Å²) in [6.45, 7) is 4.74. The van der Waals surface area contributed by atoms with E-state index in [2.05, 4.69) is 0 Å². The van der Waals surface area contributed by atoms with E-state index in [1.165, 1.54) is 0 Å². The molecular weight excluding hydrogens is 228 g/mol. The first-order chi connectivity index (χ1) is 8.58. The molecule has 0 unspecified atom stereocenters. The number of nitrogens with zero attached hydrogens (tertiary/aromatic N) is 1. The molecule has 18 heavy (non-hydrogen) atoms. The standard InChI is InChI=1S/C14H22N2O2/c1-4-13(15)11-6-8-12(9-7-11)18-10-14(17)16(3)5-2/h6-9,13H,4-5,10,15H2,1-3H3/t13-/m1/s1. The number of carbonyl (C=O) groups excluding carboxylic acids is 1. The van der Waals surface area contributed by atoms with Crippen molar-refractivity contribution in [3.63, 3.8) is 0 Å². The summed E-state index contributed by atoms with van der Waals surface area (Å²) >= 11 is 0. The Bertz CT molecular complexity index is 376. The van der Waals surface area contributed by atoms with Crippen LogP contribution in [0.5, 0.6) is 5.75 Å². The van der Waals surface area contributed by atoms with Gasteiger partial charge in [0.2, 0.25) is 0 Å². The third-order valence-electron chi connectivity index (χ3n) is 3.01. The van der Waals surface area contributed by atoms with Gasteiger partial charge in [0.1, 0.15) is 5.75 Å². The van der Waals surface area contributed by atoms with E-state index in [0.717, 1.165) is 12.0 Å². The Balaban J connectivity index is 2.51. The maximum atomic E-state index is 11.5. The number of benzene rings is 1. The van der Waals surface area contributed by atoms with Gasteiger partial charge in [-0.1, -0.05) is 19.1 Å². The quantitative estimate of drug-likeness (QED) is 0.839. The van der Waals surface area contributed by atoms with Crippen LogP contribution in [0.15, 0.2) is 24.3 Å². The van der Waals surface area contributed by atoms with Gasteiger partial charge in [-0.3, -0.25) is 4.79 Å². The molecule has 0 radical (unpaired) electrons. The molecule has 4 heteroatoms. The van der Waals surface area contributed by atoms with E-state index >= 15 is 0 Å². The van der Waals surface area contributed by atoms with E-state index in [-0.39, 0.29) is 18.6 Å². The van der Waals surface area contributed by atoms with Crippen LogP contribution in [0.1, 0.15) is 31.9 Å². The van der Waals surface area contributed by atoms with E-state index < -0.39 is 0 Å². The molecule has 1 aromatic carbocycles. The average Bonchev–Trinajstić information content (AvgIpc) is 2.43. The van der Waals surface area contributed by atoms with Gasteiger partial charge < -0.3 is 15.4 Å². The number of rotatable bonds is 6. The average molecular weight is 250 g/mol. The summed E-state index contributed by atoms with van der Waals surface area (Å²) in [5.41, 5.74) is 7.01. The molecule has 4 nitrogen and oxygen atoms in total. The lowest BCUT2D eigenvalue weighted by atomic mass is 10.1. The monoisotopic (exact) mass is 250 g/mol. The van der Waals surface area contributed by atoms with Crippen molar-refractivity contribution in [1.82, 2.24) is 4.90 Å². The van der Waals surface area contributed by atoms with Crippen LogP contribution in [-0.2, 0) is 4.79 Å². The van der Waals surface area contributed by atoms with Gasteiger partial charge in [0, 0.05) is 19.6 Å². The van der Waals surface area contributed by atoms with Crippen molar-refractivity contribution >= 4 is 5.91 Å². The fourth-order valence-corrected chi connectivity index (χ4v) is 1.48. The minimum absolute atomic E-state index is 0.0214. The van der Waals surface area contributed by atoms with Gasteiger partial charge in [-0.2, -0.15) is 0 Å². The Morgan fingerprint density at radius 3 is 2.44 bits per heavy atom. The van der Waals surface area contributed by atoms with E-state index in [1.54, 1.807) is 11.9 Å². The maximum Gasteiger partial charge on any atom is 0.260 e. The Labute approximate surface area is 109 Å². The summed E-state index contributed by atoms with van der Waals surface area (Å²) in [6, 6.07) is 7.65. The van der Waals surface area contributed by atoms with E-state index in [1.807, 2.05) is 38.1 Å². The highest BCUT2D eigenvalue weighted by Crippen LogP contribution is 2.18. The van der Waals surface area contributed by atoms with E-state index in [0.29, 0.717) is 12.3 Å². The molecule has 1 amide bonds. The summed E-state index contributed by atoms with van der Waals surface area (Å²) in [6.07, 6.45) is 0.903. The second-order valence-corrected chi connectivity index (χ2v) is 4.28. The van der Waals surface area contributed by atoms with Crippen molar-refractivity contribution < 1.29 is 9.53 Å². The van der Waals surface area contributed by atoms with Crippen molar-refractivity contribution in [1.29, 1.82) is 0 Å². The molecule has 0 aliphatic rings. The molecule has 0 aliphatic heterocycles. The van der Waals surface area contributed by atoms with E-state index in [4.69, 9.17) is 10.5 Å². The highest BCUT2D eigenvalue weighted by atomic mass is 16.5. The van der Waals surface area contributed by atoms with Gasteiger partial charge in [0.05, 0.1) is 0 Å². The zero-order valence-corrected chi connectivity index (χ0v) is 11.3. The molecule has 0 fully saturated rings. The lowest BCUT2D eigenvalue weighted by Gasteiger charge is -2.15. The fourth-order valence-electron chi connectivity index (χ4n) is 1.48. The minimum atomic E-state index is -0.0214. The van der Waals surface area contributed by atoms with Crippen molar-refractivity contribution in [3.05, 3.63) is 29.8 Å². The Hall–Kier alpha value is -1.55. The molecule has 100 valence electrons. The summed E-state index contributed by atoms with van der Waals surface area (Å²) < 4.78 is 5.43. The minimum Gasteiger partial charge on any atom is -0.484 e. The molecule has 0 saturated carbocycles. The molecule has 0 aromatic heterocycles. The number of hydrogen-bond donors (Lipinski definition) is 1. The number of carbonyl (C=O) groups is 1. The van der Waals surface area contributed by atoms with Crippen LogP contribution in [0.4, 0.5) is 0 Å². The molecule has 0 saturated heterocycles. The lowest BCUT2D eigenvalue weighted by Crippen LogP contribution is -2.31. The number of hydrogen-bond acceptors (Lipinski definition) is 3. The molecule has 0 heterocycles. The highest BCUT2D eigenvalue weighted by molar-refractivity contribution is 5.77. The van der Waals surface area contributed by atoms with Gasteiger partial charge in [-0.15, -0.1) is 0 Å². The van der Waals surface area contributed by atoms with Crippen LogP contribution in [-0.4, -0.2) is 31.0 Å². The van der Waals surface area contributed by atoms with Crippen LogP contribution in [0, 0.1) is 0 Å². The van der Waals surface area contributed by atoms with Crippen LogP contribution < -0.4 is 10.5 Å².